The van der Waals surface area contributed by atoms with Crippen molar-refractivity contribution in [2.45, 2.75) is 26.4 Å². The Hall–Kier alpha value is -2.02. The number of ether oxygens (including phenoxy) is 1. The van der Waals surface area contributed by atoms with Crippen molar-refractivity contribution in [1.29, 1.82) is 0 Å². The lowest BCUT2D eigenvalue weighted by Crippen LogP contribution is -2.34. The molecule has 1 aromatic carbocycles. The fourth-order valence-electron chi connectivity index (χ4n) is 1.66. The molecular formula is C14H20N4O2S. The smallest absolute Gasteiger partial charge is 0.407 e. The molecule has 4 N–H and O–H groups in total. The Balaban J connectivity index is 1.79. The van der Waals surface area contributed by atoms with Gasteiger partial charge in [0.2, 0.25) is 0 Å². The molecule has 114 valence electrons. The highest BCUT2D eigenvalue weighted by Crippen LogP contribution is 2.27. The van der Waals surface area contributed by atoms with E-state index in [0.717, 1.165) is 21.0 Å². The number of hydrogen-bond donors (Lipinski definition) is 3. The molecule has 2 rings (SSSR count). The number of carbonyl (C=O) groups is 1. The predicted molar refractivity (Wildman–Crippen MR) is 86.8 cm³/mol. The summed E-state index contributed by atoms with van der Waals surface area (Å²) >= 11 is 1.53. The summed E-state index contributed by atoms with van der Waals surface area (Å²) in [6.07, 6.45) is -0.415. The number of nitrogens with zero attached hydrogens (tertiary/aromatic N) is 1. The van der Waals surface area contributed by atoms with Gasteiger partial charge in [-0.15, -0.1) is 0 Å². The summed E-state index contributed by atoms with van der Waals surface area (Å²) in [6, 6.07) is 5.62. The van der Waals surface area contributed by atoms with Crippen LogP contribution in [0.15, 0.2) is 18.2 Å². The first kappa shape index (κ1) is 15.4. The summed E-state index contributed by atoms with van der Waals surface area (Å²) < 4.78 is 6.19. The van der Waals surface area contributed by atoms with Crippen LogP contribution in [0, 0.1) is 0 Å². The summed E-state index contributed by atoms with van der Waals surface area (Å²) in [4.78, 5) is 15.9. The van der Waals surface area contributed by atoms with Crippen LogP contribution in [0.2, 0.25) is 0 Å². The van der Waals surface area contributed by atoms with Crippen LogP contribution in [0.3, 0.4) is 0 Å². The van der Waals surface area contributed by atoms with Crippen LogP contribution in [-0.2, 0) is 4.74 Å². The number of hydrogen-bond acceptors (Lipinski definition) is 6. The van der Waals surface area contributed by atoms with E-state index in [9.17, 15) is 4.79 Å². The van der Waals surface area contributed by atoms with E-state index < -0.39 is 11.7 Å². The lowest BCUT2D eigenvalue weighted by molar-refractivity contribution is 0.0530. The number of amides is 1. The summed E-state index contributed by atoms with van der Waals surface area (Å²) in [6.45, 7) is 6.54. The number of thiazole rings is 1. The quantitative estimate of drug-likeness (QED) is 0.597. The van der Waals surface area contributed by atoms with E-state index in [1.165, 1.54) is 11.3 Å². The van der Waals surface area contributed by atoms with Gasteiger partial charge in [-0.25, -0.2) is 9.78 Å². The van der Waals surface area contributed by atoms with Crippen molar-refractivity contribution in [3.8, 4) is 0 Å². The second-order valence-corrected chi connectivity index (χ2v) is 6.63. The van der Waals surface area contributed by atoms with Crippen LogP contribution in [0.5, 0.6) is 0 Å². The number of fused-ring (bicyclic) bond motifs is 1. The maximum absolute atomic E-state index is 11.5. The van der Waals surface area contributed by atoms with E-state index in [2.05, 4.69) is 15.6 Å². The van der Waals surface area contributed by atoms with Crippen LogP contribution in [0.4, 0.5) is 15.6 Å². The number of rotatable bonds is 4. The molecule has 0 saturated carbocycles. The first-order valence-electron chi connectivity index (χ1n) is 6.70. The molecule has 0 bridgehead atoms. The Kier molecular flexibility index (Phi) is 4.52. The van der Waals surface area contributed by atoms with Crippen LogP contribution >= 0.6 is 11.3 Å². The van der Waals surface area contributed by atoms with Gasteiger partial charge in [0, 0.05) is 18.8 Å². The molecule has 0 aliphatic rings. The van der Waals surface area contributed by atoms with Crippen molar-refractivity contribution < 1.29 is 9.53 Å². The maximum atomic E-state index is 11.5. The minimum atomic E-state index is -0.482. The Bertz CT molecular complexity index is 633. The van der Waals surface area contributed by atoms with Crippen LogP contribution in [0.25, 0.3) is 10.2 Å². The number of anilines is 2. The molecule has 0 atom stereocenters. The van der Waals surface area contributed by atoms with Gasteiger partial charge in [0.15, 0.2) is 5.13 Å². The summed E-state index contributed by atoms with van der Waals surface area (Å²) in [7, 11) is 0. The number of carbonyl (C=O) groups excluding carboxylic acids is 1. The van der Waals surface area contributed by atoms with Crippen LogP contribution < -0.4 is 16.4 Å². The number of nitrogen functional groups attached to an aromatic ring is 1. The topological polar surface area (TPSA) is 89.3 Å². The van der Waals surface area contributed by atoms with Gasteiger partial charge in [0.25, 0.3) is 0 Å². The van der Waals surface area contributed by atoms with Crippen LogP contribution in [-0.4, -0.2) is 29.8 Å². The standard InChI is InChI=1S/C14H20N4O2S/c1-14(2,3)20-13(19)17-7-6-16-12-18-10-5-4-9(15)8-11(10)21-12/h4-5,8H,6-7,15H2,1-3H3,(H,16,18)(H,17,19). The molecule has 0 saturated heterocycles. The number of aromatic nitrogens is 1. The van der Waals surface area contributed by atoms with Gasteiger partial charge in [0.05, 0.1) is 10.2 Å². The lowest BCUT2D eigenvalue weighted by atomic mass is 10.2. The van der Waals surface area contributed by atoms with Gasteiger partial charge >= 0.3 is 6.09 Å². The van der Waals surface area contributed by atoms with Crippen LogP contribution in [0.1, 0.15) is 20.8 Å². The maximum Gasteiger partial charge on any atom is 0.407 e. The minimum absolute atomic E-state index is 0.415. The van der Waals surface area contributed by atoms with Crippen molar-refractivity contribution in [1.82, 2.24) is 10.3 Å². The molecule has 1 amide bonds. The third-order valence-electron chi connectivity index (χ3n) is 2.48. The molecule has 2 aromatic rings. The third kappa shape index (κ3) is 4.78. The molecule has 21 heavy (non-hydrogen) atoms. The van der Waals surface area contributed by atoms with Crippen molar-refractivity contribution in [2.24, 2.45) is 0 Å². The first-order valence-corrected chi connectivity index (χ1v) is 7.52. The monoisotopic (exact) mass is 308 g/mol. The molecule has 0 unspecified atom stereocenters. The molecule has 1 aromatic heterocycles. The number of nitrogens with one attached hydrogen (secondary N) is 2. The zero-order valence-corrected chi connectivity index (χ0v) is 13.2. The molecule has 6 nitrogen and oxygen atoms in total. The van der Waals surface area contributed by atoms with Gasteiger partial charge in [-0.2, -0.15) is 0 Å². The van der Waals surface area contributed by atoms with Crippen molar-refractivity contribution in [3.63, 3.8) is 0 Å². The van der Waals surface area contributed by atoms with E-state index in [1.54, 1.807) is 0 Å². The number of nitrogens with two attached hydrogens (primary N) is 1. The molecule has 0 aliphatic heterocycles. The predicted octanol–water partition coefficient (Wildman–Crippen LogP) is 2.82. The zero-order valence-electron chi connectivity index (χ0n) is 12.4. The summed E-state index contributed by atoms with van der Waals surface area (Å²) in [5, 5.41) is 6.66. The zero-order chi connectivity index (χ0) is 15.5. The molecule has 1 heterocycles. The molecule has 0 fully saturated rings. The fraction of sp³-hybridized carbons (Fsp3) is 0.429. The third-order valence-corrected chi connectivity index (χ3v) is 3.46. The lowest BCUT2D eigenvalue weighted by Gasteiger charge is -2.19. The van der Waals surface area contributed by atoms with Gasteiger partial charge in [-0.3, -0.25) is 0 Å². The average Bonchev–Trinajstić information content (AvgIpc) is 2.74. The summed E-state index contributed by atoms with van der Waals surface area (Å²) in [5.41, 5.74) is 6.89. The SMILES string of the molecule is CC(C)(C)OC(=O)NCCNc1nc2ccc(N)cc2s1. The second kappa shape index (κ2) is 6.17. The van der Waals surface area contributed by atoms with E-state index in [4.69, 9.17) is 10.5 Å². The molecule has 0 spiro atoms. The average molecular weight is 308 g/mol. The van der Waals surface area contributed by atoms with Crippen molar-refractivity contribution in [2.75, 3.05) is 24.1 Å². The van der Waals surface area contributed by atoms with Gasteiger partial charge in [-0.1, -0.05) is 11.3 Å². The fourth-order valence-corrected chi connectivity index (χ4v) is 2.60. The van der Waals surface area contributed by atoms with Gasteiger partial charge in [-0.05, 0) is 39.0 Å². The Morgan fingerprint density at radius 1 is 1.38 bits per heavy atom. The molecular weight excluding hydrogens is 288 g/mol. The molecule has 7 heteroatoms. The number of alkyl carbamates (subject to hydrolysis) is 1. The van der Waals surface area contributed by atoms with Crippen molar-refractivity contribution in [3.05, 3.63) is 18.2 Å². The van der Waals surface area contributed by atoms with Gasteiger partial charge < -0.3 is 21.1 Å². The highest BCUT2D eigenvalue weighted by Gasteiger charge is 2.15. The number of benzene rings is 1. The van der Waals surface area contributed by atoms with E-state index in [-0.39, 0.29) is 0 Å². The van der Waals surface area contributed by atoms with Crippen molar-refractivity contribution >= 4 is 38.5 Å². The highest BCUT2D eigenvalue weighted by molar-refractivity contribution is 7.22. The molecule has 0 aliphatic carbocycles. The minimum Gasteiger partial charge on any atom is -0.444 e. The Morgan fingerprint density at radius 2 is 2.14 bits per heavy atom. The van der Waals surface area contributed by atoms with E-state index in [0.29, 0.717) is 13.1 Å². The van der Waals surface area contributed by atoms with E-state index in [1.807, 2.05) is 39.0 Å². The van der Waals surface area contributed by atoms with Gasteiger partial charge in [0.1, 0.15) is 5.60 Å². The second-order valence-electron chi connectivity index (χ2n) is 5.60. The van der Waals surface area contributed by atoms with E-state index >= 15 is 0 Å². The Labute approximate surface area is 127 Å². The molecule has 0 radical (unpaired) electrons. The normalized spacial score (nSPS) is 11.4. The largest absolute Gasteiger partial charge is 0.444 e. The summed E-state index contributed by atoms with van der Waals surface area (Å²) in [5.74, 6) is 0. The Morgan fingerprint density at radius 3 is 2.86 bits per heavy atom. The first-order chi connectivity index (χ1) is 9.83. The highest BCUT2D eigenvalue weighted by atomic mass is 32.1.